The molecule has 2 rings (SSSR count). The fourth-order valence-corrected chi connectivity index (χ4v) is 4.12. The van der Waals surface area contributed by atoms with Crippen LogP contribution in [0.5, 0.6) is 0 Å². The fraction of sp³-hybridized carbons (Fsp3) is 0.571. The smallest absolute Gasteiger partial charge is 0.243 e. The number of ether oxygens (including phenoxy) is 1. The van der Waals surface area contributed by atoms with Crippen LogP contribution in [0.2, 0.25) is 0 Å². The molecule has 112 valence electrons. The van der Waals surface area contributed by atoms with Gasteiger partial charge in [-0.15, -0.1) is 0 Å². The molecule has 0 aromatic heterocycles. The van der Waals surface area contributed by atoms with E-state index in [2.05, 4.69) is 0 Å². The number of nitrogens with zero attached hydrogens (tertiary/aromatic N) is 1. The van der Waals surface area contributed by atoms with Crippen molar-refractivity contribution < 1.29 is 13.2 Å². The molecule has 1 aromatic rings. The molecule has 1 atom stereocenters. The van der Waals surface area contributed by atoms with Crippen molar-refractivity contribution in [1.82, 2.24) is 4.31 Å². The Balaban J connectivity index is 2.25. The van der Waals surface area contributed by atoms with Crippen molar-refractivity contribution in [3.63, 3.8) is 0 Å². The molecule has 1 saturated heterocycles. The van der Waals surface area contributed by atoms with Crippen molar-refractivity contribution >= 4 is 10.0 Å². The topological polar surface area (TPSA) is 72.6 Å². The lowest BCUT2D eigenvalue weighted by Crippen LogP contribution is -2.34. The maximum absolute atomic E-state index is 12.6. The van der Waals surface area contributed by atoms with Gasteiger partial charge in [0.05, 0.1) is 11.5 Å². The van der Waals surface area contributed by atoms with E-state index in [9.17, 15) is 8.42 Å². The summed E-state index contributed by atoms with van der Waals surface area (Å²) in [5.41, 5.74) is 6.48. The molecule has 0 bridgehead atoms. The van der Waals surface area contributed by atoms with Gasteiger partial charge in [-0.1, -0.05) is 19.1 Å². The average Bonchev–Trinajstić information content (AvgIpc) is 2.84. The van der Waals surface area contributed by atoms with Gasteiger partial charge in [-0.3, -0.25) is 0 Å². The molecular weight excluding hydrogens is 276 g/mol. The summed E-state index contributed by atoms with van der Waals surface area (Å²) >= 11 is 0. The Morgan fingerprint density at radius 3 is 2.80 bits per heavy atom. The molecular formula is C14H22N2O3S. The third-order valence-corrected chi connectivity index (χ3v) is 5.70. The number of rotatable bonds is 5. The number of hydrogen-bond donors (Lipinski definition) is 1. The summed E-state index contributed by atoms with van der Waals surface area (Å²) < 4.78 is 31.9. The van der Waals surface area contributed by atoms with Crippen LogP contribution in [0, 0.1) is 5.41 Å². The lowest BCUT2D eigenvalue weighted by molar-refractivity contribution is 0.184. The van der Waals surface area contributed by atoms with E-state index in [1.54, 1.807) is 25.3 Å². The molecule has 1 aromatic carbocycles. The molecule has 0 spiro atoms. The summed E-state index contributed by atoms with van der Waals surface area (Å²) in [4.78, 5) is 0.327. The number of nitrogens with two attached hydrogens (primary N) is 1. The summed E-state index contributed by atoms with van der Waals surface area (Å²) in [7, 11) is -1.85. The molecule has 1 aliphatic heterocycles. The van der Waals surface area contributed by atoms with E-state index in [1.165, 1.54) is 4.31 Å². The van der Waals surface area contributed by atoms with E-state index in [0.717, 1.165) is 12.0 Å². The summed E-state index contributed by atoms with van der Waals surface area (Å²) in [6, 6.07) is 6.92. The Morgan fingerprint density at radius 2 is 2.20 bits per heavy atom. The van der Waals surface area contributed by atoms with E-state index >= 15 is 0 Å². The second kappa shape index (κ2) is 5.81. The summed E-state index contributed by atoms with van der Waals surface area (Å²) in [5.74, 6) is 0. The van der Waals surface area contributed by atoms with Crippen molar-refractivity contribution in [2.75, 3.05) is 26.7 Å². The maximum Gasteiger partial charge on any atom is 0.243 e. The third kappa shape index (κ3) is 3.03. The minimum atomic E-state index is -3.44. The number of methoxy groups -OCH3 is 1. The van der Waals surface area contributed by atoms with E-state index in [1.807, 2.05) is 13.0 Å². The zero-order valence-electron chi connectivity index (χ0n) is 12.0. The van der Waals surface area contributed by atoms with Gasteiger partial charge in [0.2, 0.25) is 10.0 Å². The van der Waals surface area contributed by atoms with Crippen LogP contribution in [0.3, 0.4) is 0 Å². The van der Waals surface area contributed by atoms with Crippen LogP contribution in [0.4, 0.5) is 0 Å². The normalized spacial score (nSPS) is 24.1. The molecule has 0 saturated carbocycles. The molecule has 6 heteroatoms. The summed E-state index contributed by atoms with van der Waals surface area (Å²) in [5, 5.41) is 0. The molecule has 0 amide bonds. The van der Waals surface area contributed by atoms with Crippen molar-refractivity contribution in [3.05, 3.63) is 29.8 Å². The SMILES string of the molecule is COCc1cccc(S(=O)(=O)N2CCC(C)(CN)C2)c1. The Labute approximate surface area is 120 Å². The minimum Gasteiger partial charge on any atom is -0.380 e. The maximum atomic E-state index is 12.6. The molecule has 0 aliphatic carbocycles. The highest BCUT2D eigenvalue weighted by atomic mass is 32.2. The Hall–Kier alpha value is -0.950. The molecule has 1 fully saturated rings. The summed E-state index contributed by atoms with van der Waals surface area (Å²) in [6.07, 6.45) is 0.806. The lowest BCUT2D eigenvalue weighted by atomic mass is 9.90. The molecule has 1 aliphatic rings. The third-order valence-electron chi connectivity index (χ3n) is 3.86. The van der Waals surface area contributed by atoms with Gasteiger partial charge >= 0.3 is 0 Å². The highest BCUT2D eigenvalue weighted by Crippen LogP contribution is 2.32. The molecule has 20 heavy (non-hydrogen) atoms. The second-order valence-corrected chi connectivity index (χ2v) is 7.62. The van der Waals surface area contributed by atoms with E-state index < -0.39 is 10.0 Å². The van der Waals surface area contributed by atoms with Gasteiger partial charge in [0, 0.05) is 20.2 Å². The van der Waals surface area contributed by atoms with Crippen LogP contribution in [0.15, 0.2) is 29.2 Å². The first-order chi connectivity index (χ1) is 9.41. The van der Waals surface area contributed by atoms with Gasteiger partial charge in [0.25, 0.3) is 0 Å². The van der Waals surface area contributed by atoms with Gasteiger partial charge in [-0.2, -0.15) is 4.31 Å². The van der Waals surface area contributed by atoms with Crippen LogP contribution < -0.4 is 5.73 Å². The predicted octanol–water partition coefficient (Wildman–Crippen LogP) is 1.19. The number of hydrogen-bond acceptors (Lipinski definition) is 4. The molecule has 1 unspecified atom stereocenters. The predicted molar refractivity (Wildman–Crippen MR) is 77.7 cm³/mol. The fourth-order valence-electron chi connectivity index (χ4n) is 2.46. The Bertz CT molecular complexity index is 574. The highest BCUT2D eigenvalue weighted by Gasteiger charge is 2.38. The van der Waals surface area contributed by atoms with Crippen molar-refractivity contribution in [1.29, 1.82) is 0 Å². The Morgan fingerprint density at radius 1 is 1.45 bits per heavy atom. The first-order valence-corrected chi connectivity index (χ1v) is 8.13. The van der Waals surface area contributed by atoms with Crippen molar-refractivity contribution in [3.8, 4) is 0 Å². The quantitative estimate of drug-likeness (QED) is 0.886. The molecule has 2 N–H and O–H groups in total. The lowest BCUT2D eigenvalue weighted by Gasteiger charge is -2.22. The largest absolute Gasteiger partial charge is 0.380 e. The first-order valence-electron chi connectivity index (χ1n) is 6.69. The first kappa shape index (κ1) is 15.4. The molecule has 1 heterocycles. The Kier molecular flexibility index (Phi) is 4.49. The van der Waals surface area contributed by atoms with E-state index in [0.29, 0.717) is 31.1 Å². The van der Waals surface area contributed by atoms with E-state index in [-0.39, 0.29) is 5.41 Å². The standard InChI is InChI=1S/C14H22N2O3S/c1-14(10-15)6-7-16(11-14)20(17,18)13-5-3-4-12(8-13)9-19-2/h3-5,8H,6-7,9-11,15H2,1-2H3. The molecule has 0 radical (unpaired) electrons. The van der Waals surface area contributed by atoms with Gasteiger partial charge in [0.15, 0.2) is 0 Å². The van der Waals surface area contributed by atoms with Crippen LogP contribution in [0.25, 0.3) is 0 Å². The van der Waals surface area contributed by atoms with Crippen LogP contribution in [0.1, 0.15) is 18.9 Å². The summed E-state index contributed by atoms with van der Waals surface area (Å²) in [6.45, 7) is 3.96. The van der Waals surface area contributed by atoms with Crippen LogP contribution in [-0.2, 0) is 21.4 Å². The van der Waals surface area contributed by atoms with Gasteiger partial charge in [-0.05, 0) is 36.1 Å². The number of benzene rings is 1. The zero-order valence-corrected chi connectivity index (χ0v) is 12.8. The van der Waals surface area contributed by atoms with Crippen molar-refractivity contribution in [2.45, 2.75) is 24.8 Å². The van der Waals surface area contributed by atoms with Gasteiger partial charge in [0.1, 0.15) is 0 Å². The van der Waals surface area contributed by atoms with E-state index in [4.69, 9.17) is 10.5 Å². The zero-order chi connectivity index (χ0) is 14.8. The van der Waals surface area contributed by atoms with Gasteiger partial charge in [-0.25, -0.2) is 8.42 Å². The second-order valence-electron chi connectivity index (χ2n) is 5.68. The van der Waals surface area contributed by atoms with Crippen LogP contribution >= 0.6 is 0 Å². The average molecular weight is 298 g/mol. The monoisotopic (exact) mass is 298 g/mol. The molecule has 5 nitrogen and oxygen atoms in total. The van der Waals surface area contributed by atoms with Crippen molar-refractivity contribution in [2.24, 2.45) is 11.1 Å². The van der Waals surface area contributed by atoms with Gasteiger partial charge < -0.3 is 10.5 Å². The highest BCUT2D eigenvalue weighted by molar-refractivity contribution is 7.89. The number of sulfonamides is 1. The minimum absolute atomic E-state index is 0.114. The van der Waals surface area contributed by atoms with Crippen LogP contribution in [-0.4, -0.2) is 39.5 Å².